The molecule has 1 aromatic carbocycles. The third-order valence-electron chi connectivity index (χ3n) is 15.5. The van der Waals surface area contributed by atoms with E-state index in [2.05, 4.69) is 63.8 Å². The SMILES string of the molecule is CC[C@H](C)[C@H](NC(=O)CNC(=O)[C@H](CC(=O)O)NC(=O)[C@@H](NC(=O)[C@H](CCC(=O)O)NC(=O)[C@H](C)NC(=O)[C@H](CC(C)C)NC(=O)[C@@H]1CCCN1)[C@@H](C)CC)C(=O)N[C@@H](CCC(=O)O)C(=O)N[C@@H](CC(C)C)C(=O)N[C@H](C(=O)N[C@@H](Cc1ccc(O)cc1)C(=O)O)[C@@H](C)O. The van der Waals surface area contributed by atoms with E-state index in [0.29, 0.717) is 18.5 Å². The maximum Gasteiger partial charge on any atom is 0.326 e. The summed E-state index contributed by atoms with van der Waals surface area (Å²) in [6, 6.07) is -10.7. The summed E-state index contributed by atoms with van der Waals surface area (Å²) < 4.78 is 0. The van der Waals surface area contributed by atoms with Crippen LogP contribution in [0.3, 0.4) is 0 Å². The van der Waals surface area contributed by atoms with E-state index >= 15 is 0 Å². The molecule has 11 amide bonds. The molecule has 526 valence electrons. The minimum absolute atomic E-state index is 0.0647. The number of phenols is 1. The van der Waals surface area contributed by atoms with Gasteiger partial charge in [0.05, 0.1) is 25.1 Å². The number of nitrogens with one attached hydrogen (secondary N) is 12. The number of carboxylic acids is 4. The molecule has 1 fully saturated rings. The summed E-state index contributed by atoms with van der Waals surface area (Å²) in [5.74, 6) is -18.7. The van der Waals surface area contributed by atoms with Crippen molar-refractivity contribution in [2.45, 2.75) is 219 Å². The average Bonchev–Trinajstić information content (AvgIpc) is 0.947. The van der Waals surface area contributed by atoms with Crippen LogP contribution in [0, 0.1) is 23.7 Å². The van der Waals surface area contributed by atoms with Crippen molar-refractivity contribution >= 4 is 88.9 Å². The van der Waals surface area contributed by atoms with E-state index in [-0.39, 0.29) is 49.7 Å². The number of carbonyl (C=O) groups is 15. The van der Waals surface area contributed by atoms with Crippen molar-refractivity contribution in [2.75, 3.05) is 13.1 Å². The van der Waals surface area contributed by atoms with E-state index in [9.17, 15) is 103 Å². The first-order valence-electron chi connectivity index (χ1n) is 31.4. The standard InChI is InChI=1S/C61H96N12O21/c1-11-31(7)48(58(90)66-38(19-21-45(77)78)54(86)68-41(25-30(5)6)57(89)73-50(34(10)74)60(92)70-43(61(93)94)26-35-15-17-36(75)18-16-35)71-44(76)28-63-52(84)42(27-47(81)82)69-59(91)49(32(8)12-2)72-55(87)39(20-22-46(79)80)65-51(83)33(9)64-56(88)40(24-29(3)4)67-53(85)37-14-13-23-62-37/h15-18,29-34,37-43,48-50,62,74-75H,11-14,19-28H2,1-10H3,(H,63,84)(H,64,88)(H,65,83)(H,66,90)(H,67,85)(H,68,86)(H,69,91)(H,70,92)(H,71,76)(H,72,87)(H,73,89)(H,77,78)(H,79,80)(H,81,82)(H,93,94)/t31-,32-,33-,34+,37-,38-,39-,40-,41-,42-,43-,48-,49-,50-/m0/s1. The van der Waals surface area contributed by atoms with Crippen LogP contribution in [0.25, 0.3) is 0 Å². The first-order valence-corrected chi connectivity index (χ1v) is 31.4. The number of carbonyl (C=O) groups excluding carboxylic acids is 11. The zero-order chi connectivity index (χ0) is 71.3. The van der Waals surface area contributed by atoms with Crippen LogP contribution in [0.15, 0.2) is 24.3 Å². The maximum atomic E-state index is 14.1. The lowest BCUT2D eigenvalue weighted by atomic mass is 9.96. The molecular weight excluding hydrogens is 1240 g/mol. The summed E-state index contributed by atoms with van der Waals surface area (Å²) >= 11 is 0. The number of amides is 11. The van der Waals surface area contributed by atoms with Gasteiger partial charge in [0.2, 0.25) is 65.0 Å². The molecule has 1 saturated heterocycles. The largest absolute Gasteiger partial charge is 0.508 e. The van der Waals surface area contributed by atoms with Gasteiger partial charge in [0.25, 0.3) is 0 Å². The van der Waals surface area contributed by atoms with Gasteiger partial charge in [0.15, 0.2) is 0 Å². The van der Waals surface area contributed by atoms with Crippen molar-refractivity contribution in [3.05, 3.63) is 29.8 Å². The van der Waals surface area contributed by atoms with Gasteiger partial charge in [-0.15, -0.1) is 0 Å². The Morgan fingerprint density at radius 1 is 0.489 bits per heavy atom. The summed E-state index contributed by atoms with van der Waals surface area (Å²) in [4.78, 5) is 198. The lowest BCUT2D eigenvalue weighted by Crippen LogP contribution is -2.61. The molecule has 33 heteroatoms. The Balaban J connectivity index is 2.29. The van der Waals surface area contributed by atoms with Crippen LogP contribution < -0.4 is 63.8 Å². The zero-order valence-electron chi connectivity index (χ0n) is 54.8. The second kappa shape index (κ2) is 40.2. The number of aliphatic hydroxyl groups is 1. The molecular formula is C61H96N12O21. The molecule has 0 radical (unpaired) electrons. The highest BCUT2D eigenvalue weighted by Crippen LogP contribution is 2.16. The van der Waals surface area contributed by atoms with Crippen LogP contribution in [-0.2, 0) is 78.3 Å². The molecule has 14 atom stereocenters. The summed E-state index contributed by atoms with van der Waals surface area (Å²) in [6.45, 7) is 15.4. The Labute approximate surface area is 544 Å². The summed E-state index contributed by atoms with van der Waals surface area (Å²) in [5, 5.41) is 88.5. The number of hydrogen-bond acceptors (Lipinski definition) is 18. The van der Waals surface area contributed by atoms with Crippen molar-refractivity contribution in [1.29, 1.82) is 0 Å². The smallest absolute Gasteiger partial charge is 0.326 e. The molecule has 0 aromatic heterocycles. The van der Waals surface area contributed by atoms with Crippen molar-refractivity contribution in [2.24, 2.45) is 23.7 Å². The Morgan fingerprint density at radius 2 is 0.926 bits per heavy atom. The van der Waals surface area contributed by atoms with Crippen LogP contribution in [0.4, 0.5) is 0 Å². The summed E-state index contributed by atoms with van der Waals surface area (Å²) in [5.41, 5.74) is 0.407. The molecule has 18 N–H and O–H groups in total. The van der Waals surface area contributed by atoms with Gasteiger partial charge in [0, 0.05) is 19.3 Å². The number of phenolic OH excluding ortho intramolecular Hbond substituents is 1. The molecule has 1 aliphatic rings. The topological polar surface area (TPSA) is 522 Å². The first-order chi connectivity index (χ1) is 44.0. The van der Waals surface area contributed by atoms with Gasteiger partial charge < -0.3 is 94.4 Å². The van der Waals surface area contributed by atoms with Gasteiger partial charge in [0.1, 0.15) is 66.2 Å². The number of aliphatic hydroxyl groups excluding tert-OH is 1. The van der Waals surface area contributed by atoms with Gasteiger partial charge in [-0.25, -0.2) is 4.79 Å². The predicted molar refractivity (Wildman–Crippen MR) is 334 cm³/mol. The highest BCUT2D eigenvalue weighted by atomic mass is 16.4. The molecule has 1 aliphatic heterocycles. The predicted octanol–water partition coefficient (Wildman–Crippen LogP) is -2.48. The maximum absolute atomic E-state index is 14.1. The molecule has 0 unspecified atom stereocenters. The molecule has 2 rings (SSSR count). The molecule has 0 aliphatic carbocycles. The first kappa shape index (κ1) is 81.1. The third-order valence-corrected chi connectivity index (χ3v) is 15.5. The van der Waals surface area contributed by atoms with Gasteiger partial charge in [-0.1, -0.05) is 80.4 Å². The van der Waals surface area contributed by atoms with Crippen molar-refractivity contribution in [3.63, 3.8) is 0 Å². The highest BCUT2D eigenvalue weighted by molar-refractivity contribution is 5.99. The highest BCUT2D eigenvalue weighted by Gasteiger charge is 2.38. The van der Waals surface area contributed by atoms with Crippen LogP contribution in [0.1, 0.15) is 145 Å². The fourth-order valence-corrected chi connectivity index (χ4v) is 9.68. The van der Waals surface area contributed by atoms with Gasteiger partial charge in [-0.2, -0.15) is 0 Å². The van der Waals surface area contributed by atoms with Crippen LogP contribution in [0.5, 0.6) is 5.75 Å². The molecule has 94 heavy (non-hydrogen) atoms. The molecule has 1 heterocycles. The van der Waals surface area contributed by atoms with Gasteiger partial charge in [-0.05, 0) is 100 Å². The molecule has 0 saturated carbocycles. The molecule has 0 bridgehead atoms. The lowest BCUT2D eigenvalue weighted by Gasteiger charge is -2.29. The van der Waals surface area contributed by atoms with Gasteiger partial charge in [-0.3, -0.25) is 67.1 Å². The number of aromatic hydroxyl groups is 1. The van der Waals surface area contributed by atoms with Crippen LogP contribution in [-0.4, -0.2) is 205 Å². The monoisotopic (exact) mass is 1330 g/mol. The number of rotatable bonds is 42. The molecule has 1 aromatic rings. The fraction of sp³-hybridized carbons (Fsp3) is 0.656. The summed E-state index contributed by atoms with van der Waals surface area (Å²) in [7, 11) is 0. The lowest BCUT2D eigenvalue weighted by molar-refractivity contribution is -0.143. The van der Waals surface area contributed by atoms with Crippen LogP contribution >= 0.6 is 0 Å². The van der Waals surface area contributed by atoms with Crippen LogP contribution in [0.2, 0.25) is 0 Å². The Hall–Kier alpha value is -9.01. The number of carboxylic acid groups (broad SMARTS) is 4. The zero-order valence-corrected chi connectivity index (χ0v) is 54.8. The Morgan fingerprint density at radius 3 is 1.39 bits per heavy atom. The van der Waals surface area contributed by atoms with E-state index < -0.39 is 212 Å². The van der Waals surface area contributed by atoms with Gasteiger partial charge >= 0.3 is 23.9 Å². The Bertz CT molecular complexity index is 2810. The number of hydrogen-bond donors (Lipinski definition) is 18. The average molecular weight is 1330 g/mol. The second-order valence-electron chi connectivity index (χ2n) is 24.4. The normalized spacial score (nSPS) is 16.9. The second-order valence-corrected chi connectivity index (χ2v) is 24.4. The van der Waals surface area contributed by atoms with E-state index in [1.807, 2.05) is 13.8 Å². The van der Waals surface area contributed by atoms with E-state index in [1.165, 1.54) is 45.0 Å². The number of aliphatic carboxylic acids is 4. The minimum Gasteiger partial charge on any atom is -0.508 e. The Kier molecular flexibility index (Phi) is 34.7. The minimum atomic E-state index is -1.93. The number of benzene rings is 1. The fourth-order valence-electron chi connectivity index (χ4n) is 9.68. The van der Waals surface area contributed by atoms with Crippen molar-refractivity contribution in [3.8, 4) is 5.75 Å². The van der Waals surface area contributed by atoms with Crippen molar-refractivity contribution < 1.29 is 103 Å². The molecule has 33 nitrogen and oxygen atoms in total. The van der Waals surface area contributed by atoms with E-state index in [4.69, 9.17) is 0 Å². The van der Waals surface area contributed by atoms with Crippen molar-refractivity contribution in [1.82, 2.24) is 63.8 Å². The van der Waals surface area contributed by atoms with E-state index in [0.717, 1.165) is 13.3 Å². The van der Waals surface area contributed by atoms with E-state index in [1.54, 1.807) is 27.7 Å². The summed E-state index contributed by atoms with van der Waals surface area (Å²) in [6.07, 6.45) is -3.65. The molecule has 0 spiro atoms. The third kappa shape index (κ3) is 28.9. The quantitative estimate of drug-likeness (QED) is 0.0322.